The van der Waals surface area contributed by atoms with Crippen LogP contribution in [0.5, 0.6) is 5.75 Å². The van der Waals surface area contributed by atoms with Crippen molar-refractivity contribution in [1.29, 1.82) is 0 Å². The molecular weight excluding hydrogens is 363 g/mol. The Morgan fingerprint density at radius 3 is 2.54 bits per heavy atom. The second-order valence-electron chi connectivity index (χ2n) is 6.50. The Balaban J connectivity index is 1.55. The average molecular weight is 380 g/mol. The lowest BCUT2D eigenvalue weighted by atomic mass is 9.87. The van der Waals surface area contributed by atoms with Gasteiger partial charge in [-0.1, -0.05) is 24.3 Å². The molecule has 0 bridgehead atoms. The summed E-state index contributed by atoms with van der Waals surface area (Å²) < 4.78 is 18.7. The molecule has 28 heavy (non-hydrogen) atoms. The molecule has 2 aromatic carbocycles. The first-order chi connectivity index (χ1) is 13.5. The number of nitrogen functional groups attached to an aromatic ring is 1. The number of hydrogen-bond donors (Lipinski definition) is 3. The van der Waals surface area contributed by atoms with Crippen molar-refractivity contribution in [2.45, 2.75) is 18.9 Å². The van der Waals surface area contributed by atoms with Crippen LogP contribution in [0.15, 0.2) is 53.3 Å². The number of benzene rings is 2. The van der Waals surface area contributed by atoms with Gasteiger partial charge in [-0.15, -0.1) is 0 Å². The van der Waals surface area contributed by atoms with Crippen LogP contribution in [0.25, 0.3) is 0 Å². The van der Waals surface area contributed by atoms with E-state index >= 15 is 0 Å². The zero-order valence-electron chi connectivity index (χ0n) is 14.7. The molecular formula is C20H17FN4O3. The molecule has 2 heterocycles. The van der Waals surface area contributed by atoms with Crippen LogP contribution in [0.3, 0.4) is 0 Å². The van der Waals surface area contributed by atoms with E-state index in [9.17, 15) is 14.0 Å². The predicted octanol–water partition coefficient (Wildman–Crippen LogP) is 2.54. The third kappa shape index (κ3) is 3.57. The highest BCUT2D eigenvalue weighted by atomic mass is 19.1. The van der Waals surface area contributed by atoms with Crippen LogP contribution in [0.2, 0.25) is 0 Å². The number of rotatable bonds is 4. The van der Waals surface area contributed by atoms with Gasteiger partial charge in [-0.2, -0.15) is 4.98 Å². The number of aromatic amines is 1. The third-order valence-corrected chi connectivity index (χ3v) is 4.57. The summed E-state index contributed by atoms with van der Waals surface area (Å²) in [5.41, 5.74) is 7.22. The molecule has 0 spiro atoms. The first-order valence-electron chi connectivity index (χ1n) is 8.66. The molecule has 4 N–H and O–H groups in total. The van der Waals surface area contributed by atoms with Crippen molar-refractivity contribution in [3.8, 4) is 5.75 Å². The van der Waals surface area contributed by atoms with Crippen molar-refractivity contribution >= 4 is 17.7 Å². The second-order valence-corrected chi connectivity index (χ2v) is 6.50. The predicted molar refractivity (Wildman–Crippen MR) is 102 cm³/mol. The summed E-state index contributed by atoms with van der Waals surface area (Å²) in [4.78, 5) is 30.9. The molecule has 1 aliphatic heterocycles. The van der Waals surface area contributed by atoms with Gasteiger partial charge in [0.15, 0.2) is 0 Å². The molecule has 3 aromatic rings. The quantitative estimate of drug-likeness (QED) is 0.644. The number of halogens is 1. The number of H-pyrrole nitrogens is 1. The van der Waals surface area contributed by atoms with E-state index in [0.29, 0.717) is 17.9 Å². The summed E-state index contributed by atoms with van der Waals surface area (Å²) in [6.45, 7) is 0.303. The van der Waals surface area contributed by atoms with E-state index in [2.05, 4.69) is 15.3 Å². The maximum atomic E-state index is 12.9. The molecule has 0 radical (unpaired) electrons. The Bertz CT molecular complexity index is 1080. The van der Waals surface area contributed by atoms with Gasteiger partial charge in [0.05, 0.1) is 5.56 Å². The molecule has 142 valence electrons. The Morgan fingerprint density at radius 1 is 1.11 bits per heavy atom. The lowest BCUT2D eigenvalue weighted by Gasteiger charge is -2.24. The van der Waals surface area contributed by atoms with Gasteiger partial charge in [0, 0.05) is 12.3 Å². The van der Waals surface area contributed by atoms with Crippen LogP contribution in [-0.2, 0) is 11.4 Å². The van der Waals surface area contributed by atoms with E-state index in [1.54, 1.807) is 24.3 Å². The van der Waals surface area contributed by atoms with Gasteiger partial charge < -0.3 is 15.8 Å². The van der Waals surface area contributed by atoms with Gasteiger partial charge in [0.25, 0.3) is 5.56 Å². The van der Waals surface area contributed by atoms with Crippen LogP contribution in [0.1, 0.15) is 29.0 Å². The first-order valence-corrected chi connectivity index (χ1v) is 8.66. The van der Waals surface area contributed by atoms with Crippen molar-refractivity contribution in [3.63, 3.8) is 0 Å². The molecule has 0 saturated carbocycles. The summed E-state index contributed by atoms with van der Waals surface area (Å²) in [5.74, 6) is -0.180. The number of nitrogens with two attached hydrogens (primary N) is 1. The topological polar surface area (TPSA) is 110 Å². The number of ether oxygens (including phenoxy) is 1. The van der Waals surface area contributed by atoms with Crippen LogP contribution >= 0.6 is 0 Å². The summed E-state index contributed by atoms with van der Waals surface area (Å²) in [6.07, 6.45) is 0.136. The minimum Gasteiger partial charge on any atom is -0.489 e. The zero-order valence-corrected chi connectivity index (χ0v) is 14.7. The standard InChI is InChI=1S/C20H17FN4O3/c21-13-5-1-11(2-6-13)10-28-14-7-3-12(4-8-14)15-9-16(26)23-18-17(15)19(27)25-20(22)24-18/h1-8,15H,9-10H2,(H4,22,23,24,25,26,27). The Labute approximate surface area is 159 Å². The van der Waals surface area contributed by atoms with Crippen LogP contribution in [0, 0.1) is 5.82 Å². The van der Waals surface area contributed by atoms with E-state index in [4.69, 9.17) is 10.5 Å². The fraction of sp³-hybridized carbons (Fsp3) is 0.150. The molecule has 4 rings (SSSR count). The summed E-state index contributed by atoms with van der Waals surface area (Å²) in [5, 5.41) is 2.59. The van der Waals surface area contributed by atoms with E-state index < -0.39 is 5.92 Å². The lowest BCUT2D eigenvalue weighted by molar-refractivity contribution is -0.116. The summed E-state index contributed by atoms with van der Waals surface area (Å²) >= 11 is 0. The van der Waals surface area contributed by atoms with Crippen molar-refractivity contribution < 1.29 is 13.9 Å². The van der Waals surface area contributed by atoms with Gasteiger partial charge in [-0.3, -0.25) is 14.6 Å². The van der Waals surface area contributed by atoms with Crippen molar-refractivity contribution in [2.24, 2.45) is 0 Å². The third-order valence-electron chi connectivity index (χ3n) is 4.57. The molecule has 1 unspecified atom stereocenters. The van der Waals surface area contributed by atoms with Gasteiger partial charge in [-0.25, -0.2) is 4.39 Å². The summed E-state index contributed by atoms with van der Waals surface area (Å²) in [7, 11) is 0. The highest BCUT2D eigenvalue weighted by molar-refractivity contribution is 5.94. The van der Waals surface area contributed by atoms with Crippen LogP contribution in [0.4, 0.5) is 16.2 Å². The van der Waals surface area contributed by atoms with E-state index in [1.807, 2.05) is 12.1 Å². The molecule has 1 aliphatic rings. The van der Waals surface area contributed by atoms with E-state index in [0.717, 1.165) is 11.1 Å². The van der Waals surface area contributed by atoms with Gasteiger partial charge >= 0.3 is 0 Å². The van der Waals surface area contributed by atoms with E-state index in [1.165, 1.54) is 12.1 Å². The normalized spacial score (nSPS) is 15.6. The number of carbonyl (C=O) groups is 1. The number of nitrogens with zero attached hydrogens (tertiary/aromatic N) is 1. The fourth-order valence-electron chi connectivity index (χ4n) is 3.22. The number of hydrogen-bond acceptors (Lipinski definition) is 5. The summed E-state index contributed by atoms with van der Waals surface area (Å²) in [6, 6.07) is 13.2. The maximum absolute atomic E-state index is 12.9. The maximum Gasteiger partial charge on any atom is 0.258 e. The first kappa shape index (κ1) is 17.7. The van der Waals surface area contributed by atoms with Crippen molar-refractivity contribution in [3.05, 3.63) is 81.4 Å². The smallest absolute Gasteiger partial charge is 0.258 e. The van der Waals surface area contributed by atoms with Crippen LogP contribution < -0.4 is 21.3 Å². The number of anilines is 2. The highest BCUT2D eigenvalue weighted by Gasteiger charge is 2.30. The molecule has 1 aromatic heterocycles. The van der Waals surface area contributed by atoms with Crippen LogP contribution in [-0.4, -0.2) is 15.9 Å². The van der Waals surface area contributed by atoms with Gasteiger partial charge in [0.1, 0.15) is 24.0 Å². The Morgan fingerprint density at radius 2 is 1.82 bits per heavy atom. The number of nitrogens with one attached hydrogen (secondary N) is 2. The molecule has 1 atom stereocenters. The zero-order chi connectivity index (χ0) is 19.7. The lowest BCUT2D eigenvalue weighted by Crippen LogP contribution is -2.31. The Kier molecular flexibility index (Phi) is 4.52. The van der Waals surface area contributed by atoms with Crippen molar-refractivity contribution in [2.75, 3.05) is 11.1 Å². The molecule has 1 amide bonds. The molecule has 0 aliphatic carbocycles. The molecule has 8 heteroatoms. The molecule has 7 nitrogen and oxygen atoms in total. The monoisotopic (exact) mass is 380 g/mol. The van der Waals surface area contributed by atoms with Gasteiger partial charge in [-0.05, 0) is 35.4 Å². The SMILES string of the molecule is Nc1nc2c(c(=O)[nH]1)C(c1ccc(OCc3ccc(F)cc3)cc1)CC(=O)N2. The molecule has 0 saturated heterocycles. The average Bonchev–Trinajstić information content (AvgIpc) is 2.67. The van der Waals surface area contributed by atoms with Gasteiger partial charge in [0.2, 0.25) is 11.9 Å². The Hall–Kier alpha value is -3.68. The fourth-order valence-corrected chi connectivity index (χ4v) is 3.22. The number of fused-ring (bicyclic) bond motifs is 1. The second kappa shape index (κ2) is 7.15. The largest absolute Gasteiger partial charge is 0.489 e. The van der Waals surface area contributed by atoms with E-state index in [-0.39, 0.29) is 35.5 Å². The number of carbonyl (C=O) groups excluding carboxylic acids is 1. The highest BCUT2D eigenvalue weighted by Crippen LogP contribution is 2.34. The molecule has 0 fully saturated rings. The minimum absolute atomic E-state index is 0.0470. The number of aromatic nitrogens is 2. The number of amides is 1. The minimum atomic E-state index is -0.424. The van der Waals surface area contributed by atoms with Crippen molar-refractivity contribution in [1.82, 2.24) is 9.97 Å².